The molecule has 2 aromatic rings. The molecule has 2 rings (SSSR count). The van der Waals surface area contributed by atoms with Crippen molar-refractivity contribution in [2.24, 2.45) is 0 Å². The van der Waals surface area contributed by atoms with Gasteiger partial charge in [0.2, 0.25) is 0 Å². The third kappa shape index (κ3) is 2.99. The van der Waals surface area contributed by atoms with Gasteiger partial charge in [-0.3, -0.25) is 0 Å². The molecule has 100 valence electrons. The maximum Gasteiger partial charge on any atom is 0.339 e. The number of hydrogen-bond acceptors (Lipinski definition) is 4. The van der Waals surface area contributed by atoms with Crippen molar-refractivity contribution in [1.82, 2.24) is 14.8 Å². The molecule has 0 bridgehead atoms. The summed E-state index contributed by atoms with van der Waals surface area (Å²) in [6.45, 7) is 7.52. The second-order valence-electron chi connectivity index (χ2n) is 4.70. The van der Waals surface area contributed by atoms with Crippen LogP contribution >= 0.6 is 0 Å². The number of ether oxygens (including phenoxy) is 1. The summed E-state index contributed by atoms with van der Waals surface area (Å²) in [5.41, 5.74) is 2.38. The van der Waals surface area contributed by atoms with Crippen molar-refractivity contribution in [3.8, 4) is 5.82 Å². The van der Waals surface area contributed by atoms with Crippen LogP contribution in [0.4, 0.5) is 0 Å². The number of hydrogen-bond donors (Lipinski definition) is 0. The van der Waals surface area contributed by atoms with Gasteiger partial charge in [0, 0.05) is 11.9 Å². The zero-order valence-electron chi connectivity index (χ0n) is 11.5. The summed E-state index contributed by atoms with van der Waals surface area (Å²) < 4.78 is 6.85. The summed E-state index contributed by atoms with van der Waals surface area (Å²) in [6, 6.07) is 5.43. The van der Waals surface area contributed by atoms with Crippen LogP contribution in [0.2, 0.25) is 0 Å². The highest BCUT2D eigenvalue weighted by atomic mass is 16.5. The summed E-state index contributed by atoms with van der Waals surface area (Å²) in [7, 11) is 0. The molecule has 0 atom stereocenters. The summed E-state index contributed by atoms with van der Waals surface area (Å²) in [5.74, 6) is 0.328. The molecular formula is C14H17N3O2. The highest BCUT2D eigenvalue weighted by Gasteiger charge is 2.11. The Labute approximate surface area is 112 Å². The Morgan fingerprint density at radius 3 is 2.53 bits per heavy atom. The second kappa shape index (κ2) is 5.22. The first-order valence-electron chi connectivity index (χ1n) is 6.18. The Morgan fingerprint density at radius 2 is 2.05 bits per heavy atom. The van der Waals surface area contributed by atoms with E-state index in [1.54, 1.807) is 16.8 Å². The van der Waals surface area contributed by atoms with E-state index in [2.05, 4.69) is 10.1 Å². The number of aryl methyl sites for hydroxylation is 2. The van der Waals surface area contributed by atoms with Crippen LogP contribution in [0.1, 0.15) is 35.6 Å². The van der Waals surface area contributed by atoms with Gasteiger partial charge in [0.25, 0.3) is 0 Å². The van der Waals surface area contributed by atoms with Crippen LogP contribution in [0, 0.1) is 13.8 Å². The smallest absolute Gasteiger partial charge is 0.339 e. The summed E-state index contributed by atoms with van der Waals surface area (Å²) in [5, 5.41) is 4.34. The van der Waals surface area contributed by atoms with Crippen molar-refractivity contribution in [2.75, 3.05) is 0 Å². The Balaban J connectivity index is 2.23. The first-order valence-corrected chi connectivity index (χ1v) is 6.18. The van der Waals surface area contributed by atoms with Gasteiger partial charge in [-0.1, -0.05) is 0 Å². The van der Waals surface area contributed by atoms with Crippen molar-refractivity contribution in [1.29, 1.82) is 0 Å². The molecule has 0 aliphatic rings. The van der Waals surface area contributed by atoms with Gasteiger partial charge in [-0.2, -0.15) is 5.10 Å². The van der Waals surface area contributed by atoms with Crippen LogP contribution in [-0.2, 0) is 4.74 Å². The SMILES string of the molecule is Cc1cc(C)n(-c2ccc(C(=O)OC(C)C)cn2)n1. The quantitative estimate of drug-likeness (QED) is 0.794. The van der Waals surface area contributed by atoms with E-state index in [0.29, 0.717) is 11.4 Å². The zero-order chi connectivity index (χ0) is 14.0. The van der Waals surface area contributed by atoms with Crippen molar-refractivity contribution in [3.63, 3.8) is 0 Å². The summed E-state index contributed by atoms with van der Waals surface area (Å²) in [4.78, 5) is 15.9. The van der Waals surface area contributed by atoms with Crippen LogP contribution in [0.3, 0.4) is 0 Å². The molecule has 0 radical (unpaired) electrons. The van der Waals surface area contributed by atoms with E-state index in [1.807, 2.05) is 33.8 Å². The molecule has 0 aliphatic carbocycles. The van der Waals surface area contributed by atoms with Gasteiger partial charge in [-0.15, -0.1) is 0 Å². The predicted molar refractivity (Wildman–Crippen MR) is 71.4 cm³/mol. The molecular weight excluding hydrogens is 242 g/mol. The number of esters is 1. The minimum Gasteiger partial charge on any atom is -0.459 e. The minimum atomic E-state index is -0.359. The second-order valence-corrected chi connectivity index (χ2v) is 4.70. The average Bonchev–Trinajstić information content (AvgIpc) is 2.68. The molecule has 0 aromatic carbocycles. The number of nitrogens with zero attached hydrogens (tertiary/aromatic N) is 3. The van der Waals surface area contributed by atoms with Crippen LogP contribution < -0.4 is 0 Å². The van der Waals surface area contributed by atoms with Gasteiger partial charge in [0.05, 0.1) is 17.4 Å². The molecule has 0 N–H and O–H groups in total. The van der Waals surface area contributed by atoms with E-state index in [9.17, 15) is 4.79 Å². The van der Waals surface area contributed by atoms with Crippen LogP contribution in [-0.4, -0.2) is 26.8 Å². The van der Waals surface area contributed by atoms with E-state index in [4.69, 9.17) is 4.74 Å². The van der Waals surface area contributed by atoms with E-state index in [1.165, 1.54) is 6.20 Å². The van der Waals surface area contributed by atoms with E-state index < -0.39 is 0 Å². The lowest BCUT2D eigenvalue weighted by atomic mass is 10.3. The van der Waals surface area contributed by atoms with Gasteiger partial charge < -0.3 is 4.74 Å². The highest BCUT2D eigenvalue weighted by Crippen LogP contribution is 2.11. The lowest BCUT2D eigenvalue weighted by Crippen LogP contribution is -2.12. The third-order valence-corrected chi connectivity index (χ3v) is 2.55. The Morgan fingerprint density at radius 1 is 1.32 bits per heavy atom. The highest BCUT2D eigenvalue weighted by molar-refractivity contribution is 5.89. The number of carbonyl (C=O) groups is 1. The summed E-state index contributed by atoms with van der Waals surface area (Å²) in [6.07, 6.45) is 1.37. The van der Waals surface area contributed by atoms with Gasteiger partial charge in [0.1, 0.15) is 0 Å². The van der Waals surface area contributed by atoms with Gasteiger partial charge in [0.15, 0.2) is 5.82 Å². The zero-order valence-corrected chi connectivity index (χ0v) is 11.5. The Kier molecular flexibility index (Phi) is 3.64. The van der Waals surface area contributed by atoms with E-state index in [0.717, 1.165) is 11.4 Å². The summed E-state index contributed by atoms with van der Waals surface area (Å²) >= 11 is 0. The first-order chi connectivity index (χ1) is 8.97. The fraction of sp³-hybridized carbons (Fsp3) is 0.357. The number of rotatable bonds is 3. The van der Waals surface area contributed by atoms with Crippen LogP contribution in [0.15, 0.2) is 24.4 Å². The predicted octanol–water partition coefficient (Wildman–Crippen LogP) is 2.45. The maximum atomic E-state index is 11.7. The van der Waals surface area contributed by atoms with E-state index >= 15 is 0 Å². The lowest BCUT2D eigenvalue weighted by molar-refractivity contribution is 0.0377. The van der Waals surface area contributed by atoms with Crippen molar-refractivity contribution in [3.05, 3.63) is 41.3 Å². The molecule has 2 aromatic heterocycles. The fourth-order valence-electron chi connectivity index (χ4n) is 1.78. The van der Waals surface area contributed by atoms with Crippen LogP contribution in [0.5, 0.6) is 0 Å². The molecule has 5 heteroatoms. The molecule has 0 aliphatic heterocycles. The number of pyridine rings is 1. The Bertz CT molecular complexity index is 585. The minimum absolute atomic E-state index is 0.136. The van der Waals surface area contributed by atoms with Crippen molar-refractivity contribution in [2.45, 2.75) is 33.8 Å². The Hall–Kier alpha value is -2.17. The molecule has 5 nitrogen and oxygen atoms in total. The molecule has 19 heavy (non-hydrogen) atoms. The standard InChI is InChI=1S/C14H17N3O2/c1-9(2)19-14(18)12-5-6-13(15-8-12)17-11(4)7-10(3)16-17/h5-9H,1-4H3. The van der Waals surface area contributed by atoms with Gasteiger partial charge in [-0.05, 0) is 45.9 Å². The molecule has 0 spiro atoms. The van der Waals surface area contributed by atoms with Crippen molar-refractivity contribution < 1.29 is 9.53 Å². The monoisotopic (exact) mass is 259 g/mol. The lowest BCUT2D eigenvalue weighted by Gasteiger charge is -2.08. The topological polar surface area (TPSA) is 57.0 Å². The molecule has 0 unspecified atom stereocenters. The number of carbonyl (C=O) groups excluding carboxylic acids is 1. The molecule has 0 saturated heterocycles. The molecule has 2 heterocycles. The first kappa shape index (κ1) is 13.3. The molecule has 0 saturated carbocycles. The molecule has 0 amide bonds. The van der Waals surface area contributed by atoms with Crippen LogP contribution in [0.25, 0.3) is 5.82 Å². The molecule has 0 fully saturated rings. The third-order valence-electron chi connectivity index (χ3n) is 2.55. The normalized spacial score (nSPS) is 10.8. The van der Waals surface area contributed by atoms with E-state index in [-0.39, 0.29) is 12.1 Å². The maximum absolute atomic E-state index is 11.7. The number of aromatic nitrogens is 3. The fourth-order valence-corrected chi connectivity index (χ4v) is 1.78. The van der Waals surface area contributed by atoms with Gasteiger partial charge in [-0.25, -0.2) is 14.5 Å². The average molecular weight is 259 g/mol. The largest absolute Gasteiger partial charge is 0.459 e. The van der Waals surface area contributed by atoms with Gasteiger partial charge >= 0.3 is 5.97 Å². The van der Waals surface area contributed by atoms with Crippen molar-refractivity contribution >= 4 is 5.97 Å².